The van der Waals surface area contributed by atoms with E-state index < -0.39 is 4.92 Å². The van der Waals surface area contributed by atoms with Crippen LogP contribution in [0.4, 0.5) is 5.69 Å². The molecule has 0 bridgehead atoms. The van der Waals surface area contributed by atoms with E-state index in [0.717, 1.165) is 17.7 Å². The van der Waals surface area contributed by atoms with E-state index in [9.17, 15) is 14.9 Å². The van der Waals surface area contributed by atoms with Gasteiger partial charge in [-0.3, -0.25) is 19.3 Å². The highest BCUT2D eigenvalue weighted by molar-refractivity contribution is 5.86. The van der Waals surface area contributed by atoms with Crippen LogP contribution in [-0.4, -0.2) is 27.2 Å². The van der Waals surface area contributed by atoms with E-state index >= 15 is 0 Å². The van der Waals surface area contributed by atoms with Gasteiger partial charge in [0.1, 0.15) is 22.8 Å². The molecular weight excluding hydrogens is 310 g/mol. The van der Waals surface area contributed by atoms with Crippen molar-refractivity contribution in [1.29, 1.82) is 0 Å². The molecule has 0 saturated heterocycles. The van der Waals surface area contributed by atoms with Gasteiger partial charge in [-0.05, 0) is 36.8 Å². The fraction of sp³-hybridized carbons (Fsp3) is 0.176. The molecule has 2 heterocycles. The molecule has 7 nitrogen and oxygen atoms in total. The fourth-order valence-corrected chi connectivity index (χ4v) is 2.41. The van der Waals surface area contributed by atoms with Crippen molar-refractivity contribution in [2.45, 2.75) is 13.3 Å². The third kappa shape index (κ3) is 2.83. The van der Waals surface area contributed by atoms with Crippen molar-refractivity contribution in [1.82, 2.24) is 9.38 Å². The van der Waals surface area contributed by atoms with Crippen LogP contribution in [0.3, 0.4) is 0 Å². The number of carbonyl (C=O) groups is 1. The summed E-state index contributed by atoms with van der Waals surface area (Å²) in [4.78, 5) is 26.3. The number of carbonyl (C=O) groups excluding carboxylic acids is 1. The molecule has 2 aromatic heterocycles. The number of hydrogen-bond donors (Lipinski definition) is 0. The van der Waals surface area contributed by atoms with Gasteiger partial charge in [0.25, 0.3) is 5.69 Å². The van der Waals surface area contributed by atoms with Crippen LogP contribution in [-0.2, 0) is 0 Å². The quantitative estimate of drug-likeness (QED) is 0.393. The molecule has 122 valence electrons. The minimum absolute atomic E-state index is 0.0992. The summed E-state index contributed by atoms with van der Waals surface area (Å²) in [6, 6.07) is 10.1. The van der Waals surface area contributed by atoms with Crippen LogP contribution in [0.5, 0.6) is 5.75 Å². The standard InChI is InChI=1S/C17H15N3O4/c1-2-9-24-14-6-3-12(4-7-14)17-15(11-21)19-10-13(20(22)23)5-8-16(19)18-17/h3-8,10-11H,2,9H2,1H3. The summed E-state index contributed by atoms with van der Waals surface area (Å²) in [5, 5.41) is 10.9. The summed E-state index contributed by atoms with van der Waals surface area (Å²) < 4.78 is 6.97. The molecular formula is C17H15N3O4. The molecule has 24 heavy (non-hydrogen) atoms. The maximum Gasteiger partial charge on any atom is 0.286 e. The lowest BCUT2D eigenvalue weighted by molar-refractivity contribution is -0.385. The first-order valence-electron chi connectivity index (χ1n) is 7.49. The van der Waals surface area contributed by atoms with Crippen LogP contribution in [0.2, 0.25) is 0 Å². The number of benzene rings is 1. The molecule has 0 unspecified atom stereocenters. The second-order valence-corrected chi connectivity index (χ2v) is 5.21. The van der Waals surface area contributed by atoms with E-state index in [0.29, 0.717) is 24.2 Å². The molecule has 0 saturated carbocycles. The summed E-state index contributed by atoms with van der Waals surface area (Å²) in [6.45, 7) is 2.66. The molecule has 0 radical (unpaired) electrons. The molecule has 7 heteroatoms. The summed E-state index contributed by atoms with van der Waals surface area (Å²) in [5.74, 6) is 0.743. The number of nitrogens with zero attached hydrogens (tertiary/aromatic N) is 3. The van der Waals surface area contributed by atoms with Gasteiger partial charge in [-0.1, -0.05) is 6.92 Å². The predicted octanol–water partition coefficient (Wildman–Crippen LogP) is 3.51. The lowest BCUT2D eigenvalue weighted by Crippen LogP contribution is -1.96. The largest absolute Gasteiger partial charge is 0.494 e. The Morgan fingerprint density at radius 3 is 2.62 bits per heavy atom. The smallest absolute Gasteiger partial charge is 0.286 e. The first-order valence-corrected chi connectivity index (χ1v) is 7.49. The van der Waals surface area contributed by atoms with E-state index in [1.54, 1.807) is 0 Å². The fourth-order valence-electron chi connectivity index (χ4n) is 2.41. The highest BCUT2D eigenvalue weighted by Gasteiger charge is 2.16. The lowest BCUT2D eigenvalue weighted by Gasteiger charge is -2.05. The van der Waals surface area contributed by atoms with Crippen molar-refractivity contribution in [3.63, 3.8) is 0 Å². The average molecular weight is 325 g/mol. The number of rotatable bonds is 6. The highest BCUT2D eigenvalue weighted by atomic mass is 16.6. The van der Waals surface area contributed by atoms with E-state index in [1.165, 1.54) is 22.7 Å². The number of imidazole rings is 1. The lowest BCUT2D eigenvalue weighted by atomic mass is 10.1. The van der Waals surface area contributed by atoms with E-state index in [1.807, 2.05) is 31.2 Å². The summed E-state index contributed by atoms with van der Waals surface area (Å²) in [6.07, 6.45) is 2.87. The molecule has 0 fully saturated rings. The van der Waals surface area contributed by atoms with Crippen molar-refractivity contribution in [2.24, 2.45) is 0 Å². The maximum atomic E-state index is 11.5. The zero-order valence-electron chi connectivity index (χ0n) is 13.0. The van der Waals surface area contributed by atoms with E-state index in [4.69, 9.17) is 4.74 Å². The summed E-state index contributed by atoms with van der Waals surface area (Å²) in [5.41, 5.74) is 1.87. The van der Waals surface area contributed by atoms with Gasteiger partial charge in [-0.15, -0.1) is 0 Å². The Morgan fingerprint density at radius 1 is 1.25 bits per heavy atom. The number of ether oxygens (including phenoxy) is 1. The zero-order valence-corrected chi connectivity index (χ0v) is 13.0. The van der Waals surface area contributed by atoms with Crippen LogP contribution in [0.15, 0.2) is 42.6 Å². The summed E-state index contributed by atoms with van der Waals surface area (Å²) in [7, 11) is 0. The van der Waals surface area contributed by atoms with Gasteiger partial charge in [0, 0.05) is 11.6 Å². The minimum atomic E-state index is -0.506. The van der Waals surface area contributed by atoms with Crippen LogP contribution in [0.25, 0.3) is 16.9 Å². The highest BCUT2D eigenvalue weighted by Crippen LogP contribution is 2.26. The third-order valence-electron chi connectivity index (χ3n) is 3.56. The molecule has 0 aliphatic carbocycles. The van der Waals surface area contributed by atoms with Crippen molar-refractivity contribution >= 4 is 17.6 Å². The molecule has 0 spiro atoms. The molecule has 0 atom stereocenters. The van der Waals surface area contributed by atoms with E-state index in [2.05, 4.69) is 4.98 Å². The Kier molecular flexibility index (Phi) is 4.24. The Bertz CT molecular complexity index is 900. The number of aldehydes is 1. The average Bonchev–Trinajstić information content (AvgIpc) is 2.98. The molecule has 0 aliphatic heterocycles. The van der Waals surface area contributed by atoms with Gasteiger partial charge >= 0.3 is 0 Å². The molecule has 0 amide bonds. The maximum absolute atomic E-state index is 11.5. The van der Waals surface area contributed by atoms with E-state index in [-0.39, 0.29) is 11.4 Å². The van der Waals surface area contributed by atoms with Gasteiger partial charge in [-0.25, -0.2) is 4.98 Å². The molecule has 1 aromatic carbocycles. The Morgan fingerprint density at radius 2 is 2.00 bits per heavy atom. The van der Waals surface area contributed by atoms with Crippen molar-refractivity contribution in [3.8, 4) is 17.0 Å². The number of hydrogen-bond acceptors (Lipinski definition) is 5. The van der Waals surface area contributed by atoms with Crippen molar-refractivity contribution in [3.05, 3.63) is 58.4 Å². The van der Waals surface area contributed by atoms with Crippen LogP contribution in [0, 0.1) is 10.1 Å². The first kappa shape index (κ1) is 15.7. The molecule has 3 aromatic rings. The SMILES string of the molecule is CCCOc1ccc(-c2nc3ccc([N+](=O)[O-])cn3c2C=O)cc1. The minimum Gasteiger partial charge on any atom is -0.494 e. The second kappa shape index (κ2) is 6.49. The number of aromatic nitrogens is 2. The molecule has 3 rings (SSSR count). The normalized spacial score (nSPS) is 10.7. The third-order valence-corrected chi connectivity index (χ3v) is 3.56. The molecule has 0 aliphatic rings. The Balaban J connectivity index is 2.05. The Labute approximate surface area is 137 Å². The van der Waals surface area contributed by atoms with Crippen molar-refractivity contribution < 1.29 is 14.5 Å². The topological polar surface area (TPSA) is 86.7 Å². The second-order valence-electron chi connectivity index (χ2n) is 5.21. The van der Waals surface area contributed by atoms with Gasteiger partial charge in [0.05, 0.1) is 17.7 Å². The molecule has 0 N–H and O–H groups in total. The van der Waals surface area contributed by atoms with Crippen LogP contribution < -0.4 is 4.74 Å². The van der Waals surface area contributed by atoms with Crippen LogP contribution >= 0.6 is 0 Å². The number of fused-ring (bicyclic) bond motifs is 1. The van der Waals surface area contributed by atoms with Gasteiger partial charge in [0.2, 0.25) is 0 Å². The first-order chi connectivity index (χ1) is 11.6. The van der Waals surface area contributed by atoms with Crippen molar-refractivity contribution in [2.75, 3.05) is 6.61 Å². The number of nitro groups is 1. The van der Waals surface area contributed by atoms with Gasteiger partial charge < -0.3 is 4.74 Å². The van der Waals surface area contributed by atoms with Gasteiger partial charge in [-0.2, -0.15) is 0 Å². The monoisotopic (exact) mass is 325 g/mol. The zero-order chi connectivity index (χ0) is 17.1. The Hall–Kier alpha value is -3.22. The summed E-state index contributed by atoms with van der Waals surface area (Å²) >= 11 is 0. The predicted molar refractivity (Wildman–Crippen MR) is 88.5 cm³/mol. The van der Waals surface area contributed by atoms with Gasteiger partial charge in [0.15, 0.2) is 6.29 Å². The van der Waals surface area contributed by atoms with Crippen LogP contribution in [0.1, 0.15) is 23.8 Å². The number of pyridine rings is 1.